The Morgan fingerprint density at radius 3 is 1.15 bits per heavy atom. The summed E-state index contributed by atoms with van der Waals surface area (Å²) < 4.78 is 34.6. The smallest absolute Gasteiger partial charge is 0.468 e. The minimum Gasteiger partial charge on any atom is -0.468 e. The molecule has 0 aliphatic carbocycles. The molecule has 3 fully saturated rings. The molecule has 3 aromatic heterocycles. The number of aliphatic hydroxyl groups is 2. The summed E-state index contributed by atoms with van der Waals surface area (Å²) in [4.78, 5) is 94.4. The van der Waals surface area contributed by atoms with Gasteiger partial charge in [-0.1, -0.05) is 168 Å². The molecule has 6 heterocycles. The Labute approximate surface area is 741 Å². The van der Waals surface area contributed by atoms with Crippen LogP contribution in [0, 0.1) is 5.92 Å². The maximum absolute atomic E-state index is 12.6. The first-order chi connectivity index (χ1) is 58.6. The number of aldehydes is 1. The molecule has 3 aliphatic rings. The molecule has 33 nitrogen and oxygen atoms in total. The van der Waals surface area contributed by atoms with Crippen molar-refractivity contribution in [3.8, 4) is 52.9 Å². The second kappa shape index (κ2) is 55.8. The number of aromatic nitrogens is 6. The van der Waals surface area contributed by atoms with E-state index in [4.69, 9.17) is 68.1 Å². The Morgan fingerprint density at radius 1 is 0.537 bits per heavy atom. The Balaban J connectivity index is 0.000000271. The van der Waals surface area contributed by atoms with Gasteiger partial charge in [-0.05, 0) is 119 Å². The molecule has 123 heavy (non-hydrogen) atoms. The number of benzene rings is 7. The number of hydroxylamine groups is 1. The molecule has 3 saturated heterocycles. The number of nitrogens with two attached hydrogens (primary N) is 3. The van der Waals surface area contributed by atoms with E-state index >= 15 is 0 Å². The highest BCUT2D eigenvalue weighted by Gasteiger charge is 2.28. The molecule has 13 rings (SSSR count). The highest BCUT2D eigenvalue weighted by atomic mass is 79.9. The number of ketones is 1. The lowest BCUT2D eigenvalue weighted by Gasteiger charge is -2.26. The van der Waals surface area contributed by atoms with Crippen molar-refractivity contribution < 1.29 is 102 Å². The maximum Gasteiger partial charge on any atom is 0.488 e. The second-order valence-corrected chi connectivity index (χ2v) is 31.4. The third-order valence-corrected chi connectivity index (χ3v) is 21.4. The van der Waals surface area contributed by atoms with Crippen LogP contribution in [0.2, 0.25) is 0 Å². The summed E-state index contributed by atoms with van der Waals surface area (Å²) in [5.41, 5.74) is 26.8. The molecule has 7 aromatic carbocycles. The van der Waals surface area contributed by atoms with Crippen LogP contribution in [0.4, 0.5) is 0 Å². The maximum atomic E-state index is 12.6. The van der Waals surface area contributed by atoms with Crippen LogP contribution >= 0.6 is 73.8 Å². The van der Waals surface area contributed by atoms with E-state index in [-0.39, 0.29) is 29.6 Å². The van der Waals surface area contributed by atoms with Crippen molar-refractivity contribution in [3.05, 3.63) is 218 Å². The van der Waals surface area contributed by atoms with Gasteiger partial charge in [-0.2, -0.15) is 0 Å². The summed E-state index contributed by atoms with van der Waals surface area (Å²) in [6.45, 7) is 14.0. The first-order valence-electron chi connectivity index (χ1n) is 37.6. The predicted octanol–water partition coefficient (Wildman–Crippen LogP) is 8.13. The third-order valence-electron chi connectivity index (χ3n) is 17.6. The van der Waals surface area contributed by atoms with Gasteiger partial charge in [-0.15, -0.1) is 30.6 Å². The number of hydrogen-bond donors (Lipinski definition) is 9. The highest BCUT2D eigenvalue weighted by molar-refractivity contribution is 9.11. The zero-order chi connectivity index (χ0) is 89.0. The predicted molar refractivity (Wildman–Crippen MR) is 474 cm³/mol. The molecule has 14 N–H and O–H groups in total. The number of aliphatic hydroxyl groups excluding tert-OH is 2. The van der Waals surface area contributed by atoms with E-state index in [1.54, 1.807) is 48.5 Å². The van der Waals surface area contributed by atoms with Gasteiger partial charge in [0, 0.05) is 110 Å². The summed E-state index contributed by atoms with van der Waals surface area (Å²) >= 11 is 17.3. The van der Waals surface area contributed by atoms with Crippen LogP contribution in [-0.2, 0) is 55.8 Å². The first kappa shape index (κ1) is 103. The number of ether oxygens (including phenoxy) is 7. The number of nitrogens with zero attached hydrogens (tertiary/aromatic N) is 8. The summed E-state index contributed by atoms with van der Waals surface area (Å²) in [7, 11) is 3.79. The quantitative estimate of drug-likeness (QED) is 0.00336. The van der Waals surface area contributed by atoms with Crippen molar-refractivity contribution in [3.63, 3.8) is 0 Å². The fourth-order valence-electron chi connectivity index (χ4n) is 10.6. The van der Waals surface area contributed by atoms with E-state index in [2.05, 4.69) is 131 Å². The van der Waals surface area contributed by atoms with Crippen LogP contribution in [0.1, 0.15) is 106 Å². The van der Waals surface area contributed by atoms with Crippen molar-refractivity contribution in [2.24, 2.45) is 23.1 Å². The summed E-state index contributed by atoms with van der Waals surface area (Å²) in [5.74, 6) is -3.84. The van der Waals surface area contributed by atoms with Gasteiger partial charge in [0.2, 0.25) is 5.91 Å². The Hall–Kier alpha value is -10.2. The molecular formula is C83H97BBrClN12O21S4. The summed E-state index contributed by atoms with van der Waals surface area (Å²) in [6, 6.07) is 49.0. The standard InChI is InChI=1S/C25H28N4O5S.C21H21N3O3S.C10H7BrN2O2S.C9H7ClO3.C7H7BO3.C5H11NO3.C4H8O.C2H6N2S.H2O/c1-16(30)21(23(32)28-33)14-22(31)18-6-8-20(9-7-18)25-27-26-24(35-25)19-4-2-17(3-5-19)15-29-10-12-34-13-11-29;1-26-21(25)18-8-6-17(7-9-18)20-23-22-19(28-20)16-4-2-15(3-5-16)14-24-10-12-27-13-11-24;1-15-9(14)7-4-2-6(3-5-7)8-12-13-10(11)16-8;1-13-9(12)7-4-2-6(3-5-7)8(10)11;9-5-6-1-3-7(4-2-6)8(10)11;1-3(7)4(6)5(8)9-2;1-2-4-5-3-1;3-1-2(4)5;/h2-9,16,21,30,33H,10-15H2,1H3,(H,28,32);2-9H,10-14H2,1H3;2-5H,1H3;2-5H,1H3;1-5,10-11H;3-4,7H,6H2,1-2H3;1-4H2;1,3H2,(H2,4,5);1H2/t16-,21+;;;;;3-,4+;;;/m1....1.../s1. The average Bonchev–Trinajstić information content (AvgIpc) is 1.70. The molecule has 656 valence electrons. The van der Waals surface area contributed by atoms with E-state index in [1.807, 2.05) is 24.3 Å². The third kappa shape index (κ3) is 35.9. The fourth-order valence-corrected chi connectivity index (χ4v) is 13.6. The number of esters is 4. The average molecular weight is 1850 g/mol. The molecule has 0 unspecified atom stereocenters. The van der Waals surface area contributed by atoms with Gasteiger partial charge in [0.1, 0.15) is 37.4 Å². The number of rotatable bonds is 23. The van der Waals surface area contributed by atoms with Crippen molar-refractivity contribution in [1.82, 2.24) is 45.9 Å². The Kier molecular flexibility index (Phi) is 46.9. The van der Waals surface area contributed by atoms with Gasteiger partial charge in [0.05, 0.1) is 94.7 Å². The van der Waals surface area contributed by atoms with Crippen LogP contribution in [0.15, 0.2) is 174 Å². The van der Waals surface area contributed by atoms with Crippen molar-refractivity contribution >= 4 is 138 Å². The van der Waals surface area contributed by atoms with E-state index in [1.165, 1.54) is 154 Å². The number of carbonyl (C=O) groups is 8. The largest absolute Gasteiger partial charge is 0.488 e. The number of carbonyl (C=O) groups excluding carboxylic acids is 8. The lowest BCUT2D eigenvalue weighted by Crippen LogP contribution is -2.40. The van der Waals surface area contributed by atoms with Gasteiger partial charge in [0.25, 0.3) is 5.24 Å². The molecule has 4 atom stereocenters. The Bertz CT molecular complexity index is 4890. The van der Waals surface area contributed by atoms with Crippen LogP contribution in [-0.4, -0.2) is 250 Å². The molecule has 0 radical (unpaired) electrons. The zero-order valence-electron chi connectivity index (χ0n) is 68.0. The highest BCUT2D eigenvalue weighted by Crippen LogP contribution is 2.33. The second-order valence-electron chi connectivity index (χ2n) is 26.3. The van der Waals surface area contributed by atoms with Crippen LogP contribution in [0.25, 0.3) is 52.9 Å². The van der Waals surface area contributed by atoms with E-state index in [0.717, 1.165) is 136 Å². The number of hydrogen-bond acceptors (Lipinski definition) is 34. The molecule has 0 spiro atoms. The lowest BCUT2D eigenvalue weighted by molar-refractivity contribution is -0.144. The van der Waals surface area contributed by atoms with Gasteiger partial charge in [-0.3, -0.25) is 39.0 Å². The molecular weight excluding hydrogens is 1760 g/mol. The number of methoxy groups -OCH3 is 4. The monoisotopic (exact) mass is 1850 g/mol. The van der Waals surface area contributed by atoms with Crippen LogP contribution in [0.5, 0.6) is 0 Å². The topological polar surface area (TPSA) is 508 Å². The van der Waals surface area contributed by atoms with Gasteiger partial charge < -0.3 is 76.1 Å². The normalized spacial score (nSPS) is 13.5. The van der Waals surface area contributed by atoms with E-state index < -0.39 is 54.4 Å². The molecule has 0 bridgehead atoms. The van der Waals surface area contributed by atoms with Crippen molar-refractivity contribution in [1.29, 1.82) is 0 Å². The molecule has 10 aromatic rings. The lowest BCUT2D eigenvalue weighted by atomic mass is 9.80. The summed E-state index contributed by atoms with van der Waals surface area (Å²) in [6.07, 6.45) is 1.12. The van der Waals surface area contributed by atoms with Crippen LogP contribution < -0.4 is 28.1 Å². The van der Waals surface area contributed by atoms with Crippen LogP contribution in [0.3, 0.4) is 0 Å². The number of thiocarbonyl (C=S) groups is 1. The fraction of sp³-hybridized carbons (Fsp3) is 0.313. The minimum atomic E-state index is -1.46. The first-order valence-corrected chi connectivity index (χ1v) is 41.6. The van der Waals surface area contributed by atoms with E-state index in [0.29, 0.717) is 56.7 Å². The molecule has 40 heteroatoms. The van der Waals surface area contributed by atoms with Crippen molar-refractivity contribution in [2.75, 3.05) is 101 Å². The van der Waals surface area contributed by atoms with Crippen molar-refractivity contribution in [2.45, 2.75) is 64.4 Å². The van der Waals surface area contributed by atoms with Gasteiger partial charge in [0.15, 0.2) is 9.70 Å². The number of amides is 1. The molecule has 3 aliphatic heterocycles. The number of halogens is 2. The molecule has 0 saturated carbocycles. The van der Waals surface area contributed by atoms with Gasteiger partial charge >= 0.3 is 31.0 Å². The molecule has 1 amide bonds. The Morgan fingerprint density at radius 2 is 0.870 bits per heavy atom. The zero-order valence-corrected chi connectivity index (χ0v) is 73.6. The number of nitrogens with one attached hydrogen (secondary N) is 1. The van der Waals surface area contributed by atoms with Gasteiger partial charge in [-0.25, -0.2) is 19.9 Å². The minimum absolute atomic E-state index is 0. The number of morpholine rings is 2. The van der Waals surface area contributed by atoms with E-state index in [9.17, 15) is 43.5 Å². The summed E-state index contributed by atoms with van der Waals surface area (Å²) in [5, 5.41) is 73.2. The number of Topliss-reactive ketones (excluding diaryl/α,β-unsaturated/α-hetero) is 1. The SMILES string of the molecule is C1CCOC1.COC(=O)[C@@H](N)[C@@H](C)O.COC(=O)c1ccc(-c2nnc(-c3ccc(CN4CCOCC4)cc3)s2)cc1.COC(=O)c1ccc(-c2nnc(Br)s2)cc1.COC(=O)c1ccc(C(=O)Cl)cc1.C[C@@H](O)[C@H](CC(=O)c1ccc(-c2nnc(-c3ccc(CN4CCOCC4)cc3)s2)cc1)C(=O)NO.NCC(N)=S.O.O=Cc1ccc(B(O)O)cc1.